The van der Waals surface area contributed by atoms with Gasteiger partial charge in [0.1, 0.15) is 0 Å². The first-order valence-electron chi connectivity index (χ1n) is 8.01. The summed E-state index contributed by atoms with van der Waals surface area (Å²) in [6.07, 6.45) is 4.40. The van der Waals surface area contributed by atoms with Crippen molar-refractivity contribution >= 4 is 5.82 Å². The minimum Gasteiger partial charge on any atom is -0.352 e. The van der Waals surface area contributed by atoms with Crippen LogP contribution in [0.5, 0.6) is 0 Å². The van der Waals surface area contributed by atoms with Crippen LogP contribution in [0, 0.1) is 5.82 Å². The number of piperazine rings is 1. The molecular weight excluding hydrogens is 267 g/mol. The number of pyridine rings is 1. The van der Waals surface area contributed by atoms with E-state index in [9.17, 15) is 4.39 Å². The molecule has 116 valence electrons. The topological polar surface area (TPSA) is 31.4 Å². The van der Waals surface area contributed by atoms with Gasteiger partial charge < -0.3 is 10.2 Å². The molecule has 1 aromatic heterocycles. The minimum absolute atomic E-state index is 0.162. The molecule has 3 rings (SSSR count). The van der Waals surface area contributed by atoms with E-state index in [4.69, 9.17) is 0 Å². The van der Waals surface area contributed by atoms with Gasteiger partial charge in [-0.1, -0.05) is 13.8 Å². The second kappa shape index (κ2) is 6.28. The Morgan fingerprint density at radius 3 is 2.62 bits per heavy atom. The van der Waals surface area contributed by atoms with Crippen LogP contribution in [0.1, 0.15) is 32.3 Å². The normalized spacial score (nSPS) is 20.3. The van der Waals surface area contributed by atoms with Crippen molar-refractivity contribution in [3.8, 4) is 0 Å². The molecule has 1 saturated carbocycles. The molecule has 2 fully saturated rings. The van der Waals surface area contributed by atoms with E-state index in [1.807, 2.05) is 0 Å². The summed E-state index contributed by atoms with van der Waals surface area (Å²) in [6, 6.07) is 2.92. The summed E-state index contributed by atoms with van der Waals surface area (Å²) in [4.78, 5) is 8.90. The van der Waals surface area contributed by atoms with Gasteiger partial charge in [0, 0.05) is 56.6 Å². The largest absolute Gasteiger partial charge is 0.352 e. The molecule has 1 saturated heterocycles. The molecule has 21 heavy (non-hydrogen) atoms. The molecule has 4 nitrogen and oxygen atoms in total. The molecule has 0 spiro atoms. The fraction of sp³-hybridized carbons (Fsp3) is 0.688. The van der Waals surface area contributed by atoms with Crippen LogP contribution in [-0.4, -0.2) is 48.1 Å². The number of hydrogen-bond acceptors (Lipinski definition) is 4. The number of aromatic nitrogens is 1. The Morgan fingerprint density at radius 1 is 1.29 bits per heavy atom. The number of hydrogen-bond donors (Lipinski definition) is 1. The molecule has 1 aromatic rings. The van der Waals surface area contributed by atoms with Crippen molar-refractivity contribution < 1.29 is 4.39 Å². The van der Waals surface area contributed by atoms with Crippen LogP contribution in [-0.2, 0) is 6.54 Å². The highest BCUT2D eigenvalue weighted by atomic mass is 19.1. The SMILES string of the molecule is CC(C)NCc1ccnc(N2CCN(C3CC3)CC2)c1F. The van der Waals surface area contributed by atoms with Crippen molar-refractivity contribution in [3.05, 3.63) is 23.6 Å². The van der Waals surface area contributed by atoms with Crippen LogP contribution >= 0.6 is 0 Å². The van der Waals surface area contributed by atoms with Crippen molar-refractivity contribution in [2.45, 2.75) is 45.3 Å². The Kier molecular flexibility index (Phi) is 4.40. The van der Waals surface area contributed by atoms with Crippen molar-refractivity contribution in [1.29, 1.82) is 0 Å². The van der Waals surface area contributed by atoms with Gasteiger partial charge in [-0.25, -0.2) is 9.37 Å². The molecule has 1 N–H and O–H groups in total. The Morgan fingerprint density at radius 2 is 2.00 bits per heavy atom. The molecule has 0 aromatic carbocycles. The number of nitrogens with one attached hydrogen (secondary N) is 1. The Balaban J connectivity index is 1.66. The van der Waals surface area contributed by atoms with Gasteiger partial charge in [-0.3, -0.25) is 4.90 Å². The van der Waals surface area contributed by atoms with Gasteiger partial charge in [0.2, 0.25) is 0 Å². The van der Waals surface area contributed by atoms with Crippen molar-refractivity contribution in [2.24, 2.45) is 0 Å². The summed E-state index contributed by atoms with van der Waals surface area (Å²) in [5.41, 5.74) is 0.707. The van der Waals surface area contributed by atoms with Gasteiger partial charge in [-0.2, -0.15) is 0 Å². The second-order valence-electron chi connectivity index (χ2n) is 6.40. The summed E-state index contributed by atoms with van der Waals surface area (Å²) in [5.74, 6) is 0.360. The molecule has 2 heterocycles. The zero-order valence-electron chi connectivity index (χ0n) is 13.0. The summed E-state index contributed by atoms with van der Waals surface area (Å²) < 4.78 is 14.6. The van der Waals surface area contributed by atoms with E-state index in [0.717, 1.165) is 32.2 Å². The Bertz CT molecular complexity index is 479. The highest BCUT2D eigenvalue weighted by Crippen LogP contribution is 2.29. The lowest BCUT2D eigenvalue weighted by Crippen LogP contribution is -2.47. The van der Waals surface area contributed by atoms with Gasteiger partial charge in [-0.15, -0.1) is 0 Å². The highest BCUT2D eigenvalue weighted by Gasteiger charge is 2.32. The van der Waals surface area contributed by atoms with Crippen LogP contribution in [0.2, 0.25) is 0 Å². The lowest BCUT2D eigenvalue weighted by molar-refractivity contribution is 0.247. The van der Waals surface area contributed by atoms with Crippen molar-refractivity contribution in [1.82, 2.24) is 15.2 Å². The average molecular weight is 292 g/mol. The first-order chi connectivity index (χ1) is 10.1. The zero-order chi connectivity index (χ0) is 14.8. The first-order valence-corrected chi connectivity index (χ1v) is 8.01. The fourth-order valence-corrected chi connectivity index (χ4v) is 2.88. The number of nitrogens with zero attached hydrogens (tertiary/aromatic N) is 3. The molecule has 1 aliphatic heterocycles. The smallest absolute Gasteiger partial charge is 0.170 e. The third-order valence-electron chi connectivity index (χ3n) is 4.33. The fourth-order valence-electron chi connectivity index (χ4n) is 2.88. The van der Waals surface area contributed by atoms with Crippen molar-refractivity contribution in [2.75, 3.05) is 31.1 Å². The van der Waals surface area contributed by atoms with Gasteiger partial charge in [0.25, 0.3) is 0 Å². The maximum Gasteiger partial charge on any atom is 0.170 e. The molecule has 1 aliphatic carbocycles. The summed E-state index contributed by atoms with van der Waals surface area (Å²) >= 11 is 0. The summed E-state index contributed by atoms with van der Waals surface area (Å²) in [7, 11) is 0. The van der Waals surface area contributed by atoms with E-state index in [1.54, 1.807) is 12.3 Å². The van der Waals surface area contributed by atoms with E-state index in [2.05, 4.69) is 33.9 Å². The molecule has 5 heteroatoms. The van der Waals surface area contributed by atoms with Gasteiger partial charge in [0.15, 0.2) is 11.6 Å². The molecule has 0 radical (unpaired) electrons. The highest BCUT2D eigenvalue weighted by molar-refractivity contribution is 5.43. The average Bonchev–Trinajstić information content (AvgIpc) is 3.31. The number of halogens is 1. The summed E-state index contributed by atoms with van der Waals surface area (Å²) in [5, 5.41) is 3.27. The predicted molar refractivity (Wildman–Crippen MR) is 83.0 cm³/mol. The number of anilines is 1. The van der Waals surface area contributed by atoms with E-state index in [1.165, 1.54) is 12.8 Å². The van der Waals surface area contributed by atoms with Gasteiger partial charge >= 0.3 is 0 Å². The second-order valence-corrected chi connectivity index (χ2v) is 6.40. The van der Waals surface area contributed by atoms with Crippen LogP contribution in [0.3, 0.4) is 0 Å². The van der Waals surface area contributed by atoms with Gasteiger partial charge in [0.05, 0.1) is 0 Å². The molecule has 0 amide bonds. The van der Waals surface area contributed by atoms with Crippen LogP contribution < -0.4 is 10.2 Å². The predicted octanol–water partition coefficient (Wildman–Crippen LogP) is 2.00. The zero-order valence-corrected chi connectivity index (χ0v) is 13.0. The Hall–Kier alpha value is -1.20. The molecule has 2 aliphatic rings. The lowest BCUT2D eigenvalue weighted by atomic mass is 10.2. The van der Waals surface area contributed by atoms with Crippen LogP contribution in [0.25, 0.3) is 0 Å². The van der Waals surface area contributed by atoms with E-state index >= 15 is 0 Å². The third-order valence-corrected chi connectivity index (χ3v) is 4.33. The Labute approximate surface area is 126 Å². The summed E-state index contributed by atoms with van der Waals surface area (Å²) in [6.45, 7) is 8.50. The van der Waals surface area contributed by atoms with Gasteiger partial charge in [-0.05, 0) is 18.9 Å². The minimum atomic E-state index is -0.162. The molecule has 0 atom stereocenters. The number of rotatable bonds is 5. The molecule has 0 bridgehead atoms. The maximum atomic E-state index is 14.6. The first kappa shape index (κ1) is 14.7. The van der Waals surface area contributed by atoms with Crippen LogP contribution in [0.15, 0.2) is 12.3 Å². The maximum absolute atomic E-state index is 14.6. The van der Waals surface area contributed by atoms with E-state index in [-0.39, 0.29) is 5.82 Å². The van der Waals surface area contributed by atoms with Crippen LogP contribution in [0.4, 0.5) is 10.2 Å². The third kappa shape index (κ3) is 3.52. The monoisotopic (exact) mass is 292 g/mol. The van der Waals surface area contributed by atoms with E-state index < -0.39 is 0 Å². The molecule has 0 unspecified atom stereocenters. The standard InChI is InChI=1S/C16H25FN4/c1-12(2)19-11-13-5-6-18-16(15(13)17)21-9-7-20(8-10-21)14-3-4-14/h5-6,12,14,19H,3-4,7-11H2,1-2H3. The molecular formula is C16H25FN4. The quantitative estimate of drug-likeness (QED) is 0.899. The van der Waals surface area contributed by atoms with E-state index in [0.29, 0.717) is 24.0 Å². The lowest BCUT2D eigenvalue weighted by Gasteiger charge is -2.35. The van der Waals surface area contributed by atoms with Crippen molar-refractivity contribution in [3.63, 3.8) is 0 Å².